The number of nitrogens with zero attached hydrogens (tertiary/aromatic N) is 3. The lowest BCUT2D eigenvalue weighted by molar-refractivity contribution is 0.0760. The van der Waals surface area contributed by atoms with E-state index in [1.54, 1.807) is 6.20 Å². The van der Waals surface area contributed by atoms with Gasteiger partial charge in [0.1, 0.15) is 5.82 Å². The number of nitriles is 1. The monoisotopic (exact) mass is 260 g/mol. The molecule has 2 heterocycles. The fraction of sp³-hybridized carbons (Fsp3) is 0.571. The summed E-state index contributed by atoms with van der Waals surface area (Å²) in [4.78, 5) is 6.63. The molecule has 1 aliphatic heterocycles. The van der Waals surface area contributed by atoms with E-state index in [0.717, 1.165) is 18.9 Å². The smallest absolute Gasteiger partial charge is 0.161 e. The van der Waals surface area contributed by atoms with Gasteiger partial charge in [-0.05, 0) is 19.5 Å². The number of pyridine rings is 1. The van der Waals surface area contributed by atoms with Crippen molar-refractivity contribution < 1.29 is 4.74 Å². The Labute approximate surface area is 114 Å². The number of aromatic nitrogens is 1. The molecule has 0 aromatic carbocycles. The second kappa shape index (κ2) is 6.50. The van der Waals surface area contributed by atoms with E-state index in [1.165, 1.54) is 5.56 Å². The van der Waals surface area contributed by atoms with Crippen LogP contribution >= 0.6 is 0 Å². The molecule has 1 saturated heterocycles. The summed E-state index contributed by atoms with van der Waals surface area (Å²) in [6.07, 6.45) is 1.44. The molecule has 0 bridgehead atoms. The molecule has 2 rings (SSSR count). The molecule has 19 heavy (non-hydrogen) atoms. The molecule has 1 aromatic heterocycles. The predicted octanol–water partition coefficient (Wildman–Crippen LogP) is 1.48. The summed E-state index contributed by atoms with van der Waals surface area (Å²) in [5.41, 5.74) is 1.17. The van der Waals surface area contributed by atoms with Crippen molar-refractivity contribution in [3.05, 3.63) is 23.9 Å². The maximum Gasteiger partial charge on any atom is 0.161 e. The standard InChI is InChI=1S/C14H20N4O/c1-3-16-11(2)13-5-4-6-17-14(13)18-7-8-19-12(9-15)10-18/h4-6,11-12,16H,3,7-8,10H2,1-2H3. The zero-order valence-electron chi connectivity index (χ0n) is 11.5. The van der Waals surface area contributed by atoms with Gasteiger partial charge in [-0.2, -0.15) is 5.26 Å². The van der Waals surface area contributed by atoms with Crippen LogP contribution in [0.15, 0.2) is 18.3 Å². The second-order valence-electron chi connectivity index (χ2n) is 4.63. The Balaban J connectivity index is 2.21. The SMILES string of the molecule is CCNC(C)c1cccnc1N1CCOC(C#N)C1. The third-order valence-corrected chi connectivity index (χ3v) is 3.30. The van der Waals surface area contributed by atoms with Crippen LogP contribution in [0.5, 0.6) is 0 Å². The highest BCUT2D eigenvalue weighted by molar-refractivity contribution is 5.49. The van der Waals surface area contributed by atoms with E-state index in [9.17, 15) is 0 Å². The zero-order valence-corrected chi connectivity index (χ0v) is 11.5. The van der Waals surface area contributed by atoms with Crippen LogP contribution in [0.4, 0.5) is 5.82 Å². The number of hydrogen-bond donors (Lipinski definition) is 1. The van der Waals surface area contributed by atoms with Crippen molar-refractivity contribution in [1.82, 2.24) is 10.3 Å². The Hall–Kier alpha value is -1.64. The summed E-state index contributed by atoms with van der Waals surface area (Å²) in [7, 11) is 0. The first kappa shape index (κ1) is 13.8. The van der Waals surface area contributed by atoms with Gasteiger partial charge in [-0.3, -0.25) is 0 Å². The number of morpholine rings is 1. The first-order valence-electron chi connectivity index (χ1n) is 6.70. The molecule has 0 amide bonds. The van der Waals surface area contributed by atoms with Crippen LogP contribution in [0.3, 0.4) is 0 Å². The summed E-state index contributed by atoms with van der Waals surface area (Å²) in [5.74, 6) is 0.958. The van der Waals surface area contributed by atoms with Crippen molar-refractivity contribution in [1.29, 1.82) is 5.26 Å². The fourth-order valence-corrected chi connectivity index (χ4v) is 2.35. The molecule has 1 N–H and O–H groups in total. The minimum atomic E-state index is -0.363. The van der Waals surface area contributed by atoms with Gasteiger partial charge in [0.15, 0.2) is 6.10 Å². The molecule has 5 heteroatoms. The molecule has 102 valence electrons. The Bertz CT molecular complexity index is 457. The van der Waals surface area contributed by atoms with Crippen molar-refractivity contribution >= 4 is 5.82 Å². The average molecular weight is 260 g/mol. The first-order valence-corrected chi connectivity index (χ1v) is 6.70. The Morgan fingerprint density at radius 2 is 2.53 bits per heavy atom. The lowest BCUT2D eigenvalue weighted by Gasteiger charge is -2.32. The van der Waals surface area contributed by atoms with Gasteiger partial charge in [-0.15, -0.1) is 0 Å². The van der Waals surface area contributed by atoms with Crippen LogP contribution in [0.25, 0.3) is 0 Å². The van der Waals surface area contributed by atoms with E-state index >= 15 is 0 Å². The van der Waals surface area contributed by atoms with Crippen molar-refractivity contribution in [3.8, 4) is 6.07 Å². The maximum atomic E-state index is 8.98. The summed E-state index contributed by atoms with van der Waals surface area (Å²) < 4.78 is 5.38. The van der Waals surface area contributed by atoms with E-state index in [-0.39, 0.29) is 12.1 Å². The van der Waals surface area contributed by atoms with Gasteiger partial charge < -0.3 is 15.0 Å². The van der Waals surface area contributed by atoms with Gasteiger partial charge in [0, 0.05) is 24.3 Å². The summed E-state index contributed by atoms with van der Waals surface area (Å²) in [6.45, 7) is 7.07. The third kappa shape index (κ3) is 3.22. The van der Waals surface area contributed by atoms with Gasteiger partial charge in [0.2, 0.25) is 0 Å². The Morgan fingerprint density at radius 1 is 1.68 bits per heavy atom. The van der Waals surface area contributed by atoms with E-state index in [2.05, 4.69) is 41.2 Å². The molecule has 2 unspecified atom stereocenters. The van der Waals surface area contributed by atoms with Crippen LogP contribution in [0.2, 0.25) is 0 Å². The maximum absolute atomic E-state index is 8.98. The molecule has 0 spiro atoms. The van der Waals surface area contributed by atoms with Gasteiger partial charge in [-0.1, -0.05) is 13.0 Å². The molecular weight excluding hydrogens is 240 g/mol. The number of nitrogens with one attached hydrogen (secondary N) is 1. The molecular formula is C14H20N4O. The normalized spacial score (nSPS) is 20.9. The van der Waals surface area contributed by atoms with E-state index in [0.29, 0.717) is 13.2 Å². The van der Waals surface area contributed by atoms with Crippen LogP contribution in [0, 0.1) is 11.3 Å². The van der Waals surface area contributed by atoms with Gasteiger partial charge >= 0.3 is 0 Å². The molecule has 2 atom stereocenters. The number of rotatable bonds is 4. The molecule has 0 radical (unpaired) electrons. The highest BCUT2D eigenvalue weighted by Crippen LogP contribution is 2.25. The van der Waals surface area contributed by atoms with Gasteiger partial charge in [-0.25, -0.2) is 4.98 Å². The van der Waals surface area contributed by atoms with E-state index in [1.807, 2.05) is 6.07 Å². The summed E-state index contributed by atoms with van der Waals surface area (Å²) in [5, 5.41) is 12.4. The van der Waals surface area contributed by atoms with Crippen LogP contribution in [-0.2, 0) is 4.74 Å². The predicted molar refractivity (Wildman–Crippen MR) is 73.9 cm³/mol. The molecule has 0 aliphatic carbocycles. The zero-order chi connectivity index (χ0) is 13.7. The van der Waals surface area contributed by atoms with Gasteiger partial charge in [0.05, 0.1) is 19.2 Å². The van der Waals surface area contributed by atoms with Gasteiger partial charge in [0.25, 0.3) is 0 Å². The van der Waals surface area contributed by atoms with Crippen LogP contribution in [0.1, 0.15) is 25.5 Å². The molecule has 1 fully saturated rings. The number of hydrogen-bond acceptors (Lipinski definition) is 5. The van der Waals surface area contributed by atoms with Crippen LogP contribution < -0.4 is 10.2 Å². The van der Waals surface area contributed by atoms with Crippen molar-refractivity contribution in [2.75, 3.05) is 31.1 Å². The molecule has 1 aliphatic rings. The largest absolute Gasteiger partial charge is 0.360 e. The minimum absolute atomic E-state index is 0.247. The topological polar surface area (TPSA) is 61.2 Å². The highest BCUT2D eigenvalue weighted by atomic mass is 16.5. The van der Waals surface area contributed by atoms with Crippen molar-refractivity contribution in [3.63, 3.8) is 0 Å². The summed E-state index contributed by atoms with van der Waals surface area (Å²) >= 11 is 0. The minimum Gasteiger partial charge on any atom is -0.360 e. The Kier molecular flexibility index (Phi) is 4.72. The Morgan fingerprint density at radius 3 is 3.26 bits per heavy atom. The average Bonchev–Trinajstić information content (AvgIpc) is 2.47. The van der Waals surface area contributed by atoms with E-state index in [4.69, 9.17) is 10.00 Å². The van der Waals surface area contributed by atoms with Crippen molar-refractivity contribution in [2.45, 2.75) is 26.0 Å². The molecule has 1 aromatic rings. The lowest BCUT2D eigenvalue weighted by atomic mass is 10.1. The van der Waals surface area contributed by atoms with Crippen LogP contribution in [-0.4, -0.2) is 37.3 Å². The third-order valence-electron chi connectivity index (χ3n) is 3.30. The van der Waals surface area contributed by atoms with E-state index < -0.39 is 0 Å². The fourth-order valence-electron chi connectivity index (χ4n) is 2.35. The van der Waals surface area contributed by atoms with Crippen molar-refractivity contribution in [2.24, 2.45) is 0 Å². The molecule has 0 saturated carbocycles. The number of anilines is 1. The summed E-state index contributed by atoms with van der Waals surface area (Å²) in [6, 6.07) is 6.46. The first-order chi connectivity index (χ1) is 9.26. The quantitative estimate of drug-likeness (QED) is 0.888. The number of ether oxygens (including phenoxy) is 1. The molecule has 5 nitrogen and oxygen atoms in total. The highest BCUT2D eigenvalue weighted by Gasteiger charge is 2.23. The second-order valence-corrected chi connectivity index (χ2v) is 4.63. The lowest BCUT2D eigenvalue weighted by Crippen LogP contribution is -2.43.